The number of hydrogen-bond acceptors (Lipinski definition) is 4. The Balaban J connectivity index is 3.02. The molecule has 1 unspecified atom stereocenters. The molecule has 17 heavy (non-hydrogen) atoms. The number of nitrogens with zero attached hydrogens (tertiary/aromatic N) is 3. The normalized spacial score (nSPS) is 13.1. The molecule has 1 atom stereocenters. The first kappa shape index (κ1) is 13.5. The van der Waals surface area contributed by atoms with Gasteiger partial charge in [-0.2, -0.15) is 10.4 Å². The summed E-state index contributed by atoms with van der Waals surface area (Å²) in [5.74, 6) is 0. The molecule has 0 radical (unpaired) electrons. The van der Waals surface area contributed by atoms with E-state index in [9.17, 15) is 8.42 Å². The summed E-state index contributed by atoms with van der Waals surface area (Å²) in [6, 6.07) is 1.78. The number of sulfonamides is 1. The summed E-state index contributed by atoms with van der Waals surface area (Å²) in [7, 11) is -1.94. The maximum absolute atomic E-state index is 11.9. The smallest absolute Gasteiger partial charge is 0.249 e. The molecule has 0 aromatic carbocycles. The number of nitrogens with one attached hydrogen (secondary N) is 1. The van der Waals surface area contributed by atoms with E-state index in [4.69, 9.17) is 5.26 Å². The van der Waals surface area contributed by atoms with Crippen molar-refractivity contribution in [1.82, 2.24) is 9.78 Å². The molecule has 0 spiro atoms. The summed E-state index contributed by atoms with van der Waals surface area (Å²) in [6.07, 6.45) is 2.48. The van der Waals surface area contributed by atoms with Gasteiger partial charge in [0.25, 0.3) is 0 Å². The SMILES string of the molecule is CCc1nn(C)cc1NS(=O)(=O)C(C#N)CC. The molecule has 0 aliphatic carbocycles. The summed E-state index contributed by atoms with van der Waals surface area (Å²) in [6.45, 7) is 3.55. The van der Waals surface area contributed by atoms with Gasteiger partial charge in [0.15, 0.2) is 5.25 Å². The summed E-state index contributed by atoms with van der Waals surface area (Å²) >= 11 is 0. The fraction of sp³-hybridized carbons (Fsp3) is 0.600. The van der Waals surface area contributed by atoms with Crippen molar-refractivity contribution in [1.29, 1.82) is 5.26 Å². The third kappa shape index (κ3) is 2.97. The molecule has 0 fully saturated rings. The molecule has 0 bridgehead atoms. The lowest BCUT2D eigenvalue weighted by molar-refractivity contribution is 0.592. The number of aryl methyl sites for hydroxylation is 2. The van der Waals surface area contributed by atoms with Crippen LogP contribution < -0.4 is 4.72 Å². The van der Waals surface area contributed by atoms with Crippen LogP contribution in [-0.4, -0.2) is 23.4 Å². The van der Waals surface area contributed by atoms with Gasteiger partial charge < -0.3 is 0 Å². The molecule has 7 heteroatoms. The minimum absolute atomic E-state index is 0.257. The first-order chi connectivity index (χ1) is 7.94. The zero-order chi connectivity index (χ0) is 13.1. The van der Waals surface area contributed by atoms with Crippen LogP contribution in [0, 0.1) is 11.3 Å². The number of nitriles is 1. The molecule has 1 N–H and O–H groups in total. The Bertz CT molecular complexity index is 527. The minimum atomic E-state index is -3.66. The second-order valence-electron chi connectivity index (χ2n) is 3.69. The molecule has 1 aromatic rings. The lowest BCUT2D eigenvalue weighted by Crippen LogP contribution is -2.26. The molecule has 6 nitrogen and oxygen atoms in total. The highest BCUT2D eigenvalue weighted by Crippen LogP contribution is 2.17. The quantitative estimate of drug-likeness (QED) is 0.852. The minimum Gasteiger partial charge on any atom is -0.279 e. The van der Waals surface area contributed by atoms with Crippen molar-refractivity contribution >= 4 is 15.7 Å². The van der Waals surface area contributed by atoms with Crippen molar-refractivity contribution in [2.24, 2.45) is 7.05 Å². The monoisotopic (exact) mass is 256 g/mol. The highest BCUT2D eigenvalue weighted by Gasteiger charge is 2.24. The second-order valence-corrected chi connectivity index (χ2v) is 5.55. The van der Waals surface area contributed by atoms with E-state index in [2.05, 4.69) is 9.82 Å². The molecular weight excluding hydrogens is 240 g/mol. The van der Waals surface area contributed by atoms with Crippen LogP contribution in [-0.2, 0) is 23.5 Å². The Morgan fingerprint density at radius 3 is 2.71 bits per heavy atom. The van der Waals surface area contributed by atoms with Crippen LogP contribution in [0.4, 0.5) is 5.69 Å². The number of rotatable bonds is 5. The highest BCUT2D eigenvalue weighted by molar-refractivity contribution is 7.93. The van der Waals surface area contributed by atoms with Crippen molar-refractivity contribution in [3.63, 3.8) is 0 Å². The van der Waals surface area contributed by atoms with Gasteiger partial charge in [-0.3, -0.25) is 9.40 Å². The van der Waals surface area contributed by atoms with Gasteiger partial charge in [-0.25, -0.2) is 8.42 Å². The summed E-state index contributed by atoms with van der Waals surface area (Å²) in [5.41, 5.74) is 1.12. The Hall–Kier alpha value is -1.55. The predicted molar refractivity (Wildman–Crippen MR) is 64.8 cm³/mol. The van der Waals surface area contributed by atoms with E-state index in [1.807, 2.05) is 6.92 Å². The molecule has 1 rings (SSSR count). The second kappa shape index (κ2) is 5.19. The van der Waals surface area contributed by atoms with E-state index in [1.54, 1.807) is 30.9 Å². The third-order valence-corrected chi connectivity index (χ3v) is 4.07. The summed E-state index contributed by atoms with van der Waals surface area (Å²) in [4.78, 5) is 0. The Morgan fingerprint density at radius 2 is 2.24 bits per heavy atom. The molecule has 0 saturated heterocycles. The molecule has 0 saturated carbocycles. The Kier molecular flexibility index (Phi) is 4.12. The molecule has 0 aliphatic heterocycles. The highest BCUT2D eigenvalue weighted by atomic mass is 32.2. The zero-order valence-electron chi connectivity index (χ0n) is 10.1. The van der Waals surface area contributed by atoms with Crippen LogP contribution in [0.2, 0.25) is 0 Å². The largest absolute Gasteiger partial charge is 0.279 e. The fourth-order valence-electron chi connectivity index (χ4n) is 1.49. The van der Waals surface area contributed by atoms with Crippen LogP contribution in [0.3, 0.4) is 0 Å². The van der Waals surface area contributed by atoms with E-state index in [1.165, 1.54) is 0 Å². The third-order valence-electron chi connectivity index (χ3n) is 2.38. The number of hydrogen-bond donors (Lipinski definition) is 1. The average molecular weight is 256 g/mol. The van der Waals surface area contributed by atoms with Gasteiger partial charge in [0.2, 0.25) is 10.0 Å². The van der Waals surface area contributed by atoms with Gasteiger partial charge in [-0.1, -0.05) is 13.8 Å². The summed E-state index contributed by atoms with van der Waals surface area (Å²) < 4.78 is 27.7. The number of anilines is 1. The molecule has 94 valence electrons. The van der Waals surface area contributed by atoms with E-state index in [0.29, 0.717) is 17.8 Å². The topological polar surface area (TPSA) is 87.8 Å². The Labute approximate surface area is 101 Å². The first-order valence-corrected chi connectivity index (χ1v) is 6.93. The lowest BCUT2D eigenvalue weighted by atomic mass is 10.3. The van der Waals surface area contributed by atoms with Crippen LogP contribution in [0.25, 0.3) is 0 Å². The molecule has 0 aliphatic rings. The van der Waals surface area contributed by atoms with Gasteiger partial charge in [0.05, 0.1) is 17.5 Å². The van der Waals surface area contributed by atoms with Crippen LogP contribution in [0.15, 0.2) is 6.20 Å². The van der Waals surface area contributed by atoms with Gasteiger partial charge in [0, 0.05) is 13.2 Å². The van der Waals surface area contributed by atoms with Crippen LogP contribution in [0.5, 0.6) is 0 Å². The van der Waals surface area contributed by atoms with Gasteiger partial charge >= 0.3 is 0 Å². The molecule has 0 amide bonds. The van der Waals surface area contributed by atoms with Gasteiger partial charge in [0.1, 0.15) is 0 Å². The molecule has 1 heterocycles. The van der Waals surface area contributed by atoms with E-state index in [0.717, 1.165) is 0 Å². The van der Waals surface area contributed by atoms with Crippen LogP contribution in [0.1, 0.15) is 26.0 Å². The zero-order valence-corrected chi connectivity index (χ0v) is 11.0. The summed E-state index contributed by atoms with van der Waals surface area (Å²) in [5, 5.41) is 11.9. The van der Waals surface area contributed by atoms with Crippen molar-refractivity contribution < 1.29 is 8.42 Å². The van der Waals surface area contributed by atoms with Crippen molar-refractivity contribution in [3.05, 3.63) is 11.9 Å². The van der Waals surface area contributed by atoms with E-state index < -0.39 is 15.3 Å². The predicted octanol–water partition coefficient (Wildman–Crippen LogP) is 1.03. The maximum Gasteiger partial charge on any atom is 0.249 e. The van der Waals surface area contributed by atoms with E-state index in [-0.39, 0.29) is 6.42 Å². The lowest BCUT2D eigenvalue weighted by Gasteiger charge is -2.10. The fourth-order valence-corrected chi connectivity index (χ4v) is 2.68. The standard InChI is InChI=1S/C10H16N4O2S/c1-4-8(6-11)17(15,16)13-10-7-14(3)12-9(10)5-2/h7-8,13H,4-5H2,1-3H3. The average Bonchev–Trinajstić information content (AvgIpc) is 2.59. The number of aromatic nitrogens is 2. The van der Waals surface area contributed by atoms with E-state index >= 15 is 0 Å². The van der Waals surface area contributed by atoms with Crippen molar-refractivity contribution in [2.75, 3.05) is 4.72 Å². The van der Waals surface area contributed by atoms with Crippen molar-refractivity contribution in [2.45, 2.75) is 31.9 Å². The Morgan fingerprint density at radius 1 is 1.59 bits per heavy atom. The first-order valence-electron chi connectivity index (χ1n) is 5.38. The van der Waals surface area contributed by atoms with Gasteiger partial charge in [-0.15, -0.1) is 0 Å². The van der Waals surface area contributed by atoms with Crippen LogP contribution >= 0.6 is 0 Å². The molecular formula is C10H16N4O2S. The molecule has 1 aromatic heterocycles. The maximum atomic E-state index is 11.9. The van der Waals surface area contributed by atoms with Gasteiger partial charge in [-0.05, 0) is 12.8 Å². The van der Waals surface area contributed by atoms with Crippen molar-refractivity contribution in [3.8, 4) is 6.07 Å².